The van der Waals surface area contributed by atoms with Gasteiger partial charge in [-0.2, -0.15) is 0 Å². The molecule has 140 valence electrons. The van der Waals surface area contributed by atoms with Crippen molar-refractivity contribution in [1.29, 1.82) is 0 Å². The summed E-state index contributed by atoms with van der Waals surface area (Å²) in [5, 5.41) is 0. The first-order valence-electron chi connectivity index (χ1n) is 8.22. The third-order valence-corrected chi connectivity index (χ3v) is 19.8. The van der Waals surface area contributed by atoms with Gasteiger partial charge in [-0.05, 0) is 58.9 Å². The molecule has 0 aromatic rings. The van der Waals surface area contributed by atoms with Crippen molar-refractivity contribution in [2.24, 2.45) is 0 Å². The topological polar surface area (TPSA) is 36.9 Å². The molecule has 0 heterocycles. The predicted molar refractivity (Wildman–Crippen MR) is 116 cm³/mol. The van der Waals surface area contributed by atoms with Crippen molar-refractivity contribution in [3.05, 3.63) is 36.8 Å². The summed E-state index contributed by atoms with van der Waals surface area (Å²) in [6.07, 6.45) is 0. The lowest BCUT2D eigenvalue weighted by Gasteiger charge is -2.41. The largest absolute Gasteiger partial charge is 0.434 e. The molecule has 0 N–H and O–H groups in total. The fourth-order valence-corrected chi connectivity index (χ4v) is 22.1. The van der Waals surface area contributed by atoms with Gasteiger partial charge in [0.2, 0.25) is 0 Å². The molecule has 24 heavy (non-hydrogen) atoms. The molecule has 4 nitrogen and oxygen atoms in total. The standard InChI is InChI=1S/C15H36O4Si5/c1-13-22(10,16-20(4,5)6)18-24(12,15-3)19-23(11,14-2)17-21(7,8)9/h13-15H,1-3H2,4-12H3. The first-order valence-corrected chi connectivity index (χ1v) is 22.2. The van der Waals surface area contributed by atoms with Crippen molar-refractivity contribution in [3.8, 4) is 0 Å². The Balaban J connectivity index is 5.49. The van der Waals surface area contributed by atoms with E-state index in [0.717, 1.165) is 0 Å². The second kappa shape index (κ2) is 8.23. The Morgan fingerprint density at radius 1 is 0.458 bits per heavy atom. The van der Waals surface area contributed by atoms with Crippen LogP contribution < -0.4 is 0 Å². The highest BCUT2D eigenvalue weighted by Gasteiger charge is 2.47. The van der Waals surface area contributed by atoms with Gasteiger partial charge in [-0.3, -0.25) is 0 Å². The summed E-state index contributed by atoms with van der Waals surface area (Å²) in [6, 6.07) is 0. The fourth-order valence-electron chi connectivity index (χ4n) is 2.33. The molecule has 0 amide bonds. The molecule has 0 saturated carbocycles. The predicted octanol–water partition coefficient (Wildman–Crippen LogP) is 5.11. The summed E-state index contributed by atoms with van der Waals surface area (Å²) in [6.45, 7) is 30.8. The van der Waals surface area contributed by atoms with Crippen molar-refractivity contribution >= 4 is 42.3 Å². The summed E-state index contributed by atoms with van der Waals surface area (Å²) in [5.41, 5.74) is 5.46. The van der Waals surface area contributed by atoms with Gasteiger partial charge in [0, 0.05) is 0 Å². The monoisotopic (exact) mass is 420 g/mol. The van der Waals surface area contributed by atoms with Crippen LogP contribution in [-0.2, 0) is 16.5 Å². The summed E-state index contributed by atoms with van der Waals surface area (Å²) in [5.74, 6) is 0. The quantitative estimate of drug-likeness (QED) is 0.435. The molecule has 0 bridgehead atoms. The average Bonchev–Trinajstić information content (AvgIpc) is 2.33. The Morgan fingerprint density at radius 2 is 0.667 bits per heavy atom. The van der Waals surface area contributed by atoms with Crippen LogP contribution in [-0.4, -0.2) is 42.3 Å². The number of rotatable bonds is 11. The summed E-state index contributed by atoms with van der Waals surface area (Å²) in [7, 11) is -11.3. The van der Waals surface area contributed by atoms with Crippen LogP contribution in [0.15, 0.2) is 36.8 Å². The second-order valence-corrected chi connectivity index (χ2v) is 27.3. The molecule has 0 aromatic heterocycles. The van der Waals surface area contributed by atoms with E-state index in [4.69, 9.17) is 16.5 Å². The maximum Gasteiger partial charge on any atom is 0.344 e. The van der Waals surface area contributed by atoms with Gasteiger partial charge >= 0.3 is 25.7 Å². The van der Waals surface area contributed by atoms with E-state index in [0.29, 0.717) is 0 Å². The SMILES string of the molecule is C=C[Si](C)(O[Si](C)(C)C)O[Si](C)(C=C)O[Si](C)(C=C)O[Si](C)(C)C. The molecule has 0 aromatic carbocycles. The first-order chi connectivity index (χ1) is 10.5. The number of hydrogen-bond acceptors (Lipinski definition) is 4. The maximum atomic E-state index is 6.47. The zero-order chi connectivity index (χ0) is 19.4. The van der Waals surface area contributed by atoms with E-state index in [1.807, 2.05) is 31.0 Å². The molecular formula is C15H36O4Si5. The van der Waals surface area contributed by atoms with Gasteiger partial charge in [0.15, 0.2) is 16.6 Å². The Morgan fingerprint density at radius 3 is 0.833 bits per heavy atom. The Hall–Kier alpha value is 0.144. The highest BCUT2D eigenvalue weighted by atomic mass is 28.5. The second-order valence-electron chi connectivity index (χ2n) is 8.29. The van der Waals surface area contributed by atoms with Gasteiger partial charge in [-0.15, -0.1) is 19.7 Å². The normalized spacial score (nSPS) is 20.4. The fraction of sp³-hybridized carbons (Fsp3) is 0.600. The van der Waals surface area contributed by atoms with Gasteiger partial charge in [0.05, 0.1) is 0 Å². The Kier molecular flexibility index (Phi) is 8.28. The summed E-state index contributed by atoms with van der Waals surface area (Å²) >= 11 is 0. The van der Waals surface area contributed by atoms with Gasteiger partial charge in [-0.1, -0.05) is 17.1 Å². The van der Waals surface area contributed by atoms with Crippen molar-refractivity contribution in [2.75, 3.05) is 0 Å². The molecule has 9 heteroatoms. The van der Waals surface area contributed by atoms with Gasteiger partial charge in [0.1, 0.15) is 0 Å². The molecule has 0 fully saturated rings. The van der Waals surface area contributed by atoms with Crippen LogP contribution in [0.25, 0.3) is 0 Å². The third-order valence-electron chi connectivity index (χ3n) is 2.94. The molecule has 0 radical (unpaired) electrons. The molecule has 2 unspecified atom stereocenters. The molecular weight excluding hydrogens is 385 g/mol. The van der Waals surface area contributed by atoms with E-state index in [1.165, 1.54) is 0 Å². The van der Waals surface area contributed by atoms with Crippen molar-refractivity contribution in [1.82, 2.24) is 0 Å². The lowest BCUT2D eigenvalue weighted by Crippen LogP contribution is -2.59. The van der Waals surface area contributed by atoms with Crippen molar-refractivity contribution in [3.63, 3.8) is 0 Å². The zero-order valence-electron chi connectivity index (χ0n) is 17.0. The molecule has 0 aliphatic carbocycles. The highest BCUT2D eigenvalue weighted by Crippen LogP contribution is 2.27. The summed E-state index contributed by atoms with van der Waals surface area (Å²) in [4.78, 5) is 0. The average molecular weight is 421 g/mol. The van der Waals surface area contributed by atoms with E-state index in [9.17, 15) is 0 Å². The van der Waals surface area contributed by atoms with Crippen LogP contribution in [0.5, 0.6) is 0 Å². The molecule has 0 aliphatic rings. The molecule has 0 rings (SSSR count). The van der Waals surface area contributed by atoms with Crippen molar-refractivity contribution < 1.29 is 16.5 Å². The van der Waals surface area contributed by atoms with E-state index < -0.39 is 42.3 Å². The third kappa shape index (κ3) is 9.01. The Labute approximate surface area is 154 Å². The van der Waals surface area contributed by atoms with Gasteiger partial charge in [0.25, 0.3) is 0 Å². The minimum Gasteiger partial charge on any atom is -0.434 e. The van der Waals surface area contributed by atoms with E-state index in [-0.39, 0.29) is 0 Å². The van der Waals surface area contributed by atoms with Crippen molar-refractivity contribution in [2.45, 2.75) is 58.9 Å². The van der Waals surface area contributed by atoms with Crippen LogP contribution in [0.2, 0.25) is 58.9 Å². The molecule has 0 aliphatic heterocycles. The smallest absolute Gasteiger partial charge is 0.344 e. The first kappa shape index (κ1) is 24.1. The van der Waals surface area contributed by atoms with Crippen LogP contribution in [0, 0.1) is 0 Å². The van der Waals surface area contributed by atoms with Crippen LogP contribution in [0.1, 0.15) is 0 Å². The highest BCUT2D eigenvalue weighted by molar-refractivity contribution is 6.94. The Bertz CT molecular complexity index is 435. The molecule has 2 atom stereocenters. The van der Waals surface area contributed by atoms with E-state index in [2.05, 4.69) is 59.0 Å². The lowest BCUT2D eigenvalue weighted by molar-refractivity contribution is 0.311. The maximum absolute atomic E-state index is 6.47. The van der Waals surface area contributed by atoms with Gasteiger partial charge in [-0.25, -0.2) is 0 Å². The van der Waals surface area contributed by atoms with Crippen LogP contribution >= 0.6 is 0 Å². The van der Waals surface area contributed by atoms with E-state index >= 15 is 0 Å². The zero-order valence-corrected chi connectivity index (χ0v) is 22.0. The van der Waals surface area contributed by atoms with E-state index in [1.54, 1.807) is 5.70 Å². The molecule has 0 spiro atoms. The van der Waals surface area contributed by atoms with Crippen LogP contribution in [0.3, 0.4) is 0 Å². The lowest BCUT2D eigenvalue weighted by atomic mass is 11.3. The molecule has 0 saturated heterocycles. The number of hydrogen-bond donors (Lipinski definition) is 0. The minimum absolute atomic E-state index is 1.77. The van der Waals surface area contributed by atoms with Gasteiger partial charge < -0.3 is 16.5 Å². The summed E-state index contributed by atoms with van der Waals surface area (Å²) < 4.78 is 25.6. The minimum atomic E-state index is -2.70. The van der Waals surface area contributed by atoms with Crippen LogP contribution in [0.4, 0.5) is 0 Å².